The molecule has 0 unspecified atom stereocenters. The third kappa shape index (κ3) is 3.46. The van der Waals surface area contributed by atoms with E-state index >= 15 is 0 Å². The van der Waals surface area contributed by atoms with E-state index in [2.05, 4.69) is 30.6 Å². The second kappa shape index (κ2) is 7.58. The van der Waals surface area contributed by atoms with Crippen molar-refractivity contribution >= 4 is 5.69 Å². The summed E-state index contributed by atoms with van der Waals surface area (Å²) in [4.78, 5) is 4.35. The van der Waals surface area contributed by atoms with Gasteiger partial charge in [-0.05, 0) is 48.1 Å². The Labute approximate surface area is 168 Å². The van der Waals surface area contributed by atoms with E-state index in [1.54, 1.807) is 6.07 Å². The first-order valence-electron chi connectivity index (χ1n) is 10.8. The fourth-order valence-corrected chi connectivity index (χ4v) is 5.84. The molecule has 3 fully saturated rings. The highest BCUT2D eigenvalue weighted by atomic mass is 19.1. The lowest BCUT2D eigenvalue weighted by atomic mass is 9.70. The zero-order valence-corrected chi connectivity index (χ0v) is 17.5. The Balaban J connectivity index is 1.23. The normalized spacial score (nSPS) is 33.4. The molecule has 3 aliphatic rings. The van der Waals surface area contributed by atoms with Crippen LogP contribution in [-0.2, 0) is 4.74 Å². The monoisotopic (exact) mass is 390 g/mol. The first kappa shape index (κ1) is 20.1. The molecule has 0 amide bonds. The van der Waals surface area contributed by atoms with Gasteiger partial charge in [0.15, 0.2) is 0 Å². The summed E-state index contributed by atoms with van der Waals surface area (Å²) in [5.41, 5.74) is 1.26. The number of para-hydroxylation sites is 1. The summed E-state index contributed by atoms with van der Waals surface area (Å²) in [6, 6.07) is 6.96. The Morgan fingerprint density at radius 1 is 1.18 bits per heavy atom. The van der Waals surface area contributed by atoms with E-state index in [9.17, 15) is 9.50 Å². The van der Waals surface area contributed by atoms with Crippen LogP contribution in [0.2, 0.25) is 0 Å². The van der Waals surface area contributed by atoms with Crippen LogP contribution in [0.5, 0.6) is 0 Å². The number of halogens is 1. The number of benzene rings is 1. The van der Waals surface area contributed by atoms with Crippen molar-refractivity contribution in [3.8, 4) is 0 Å². The number of β-amino-alcohol motifs (C(OH)–C–C–N with tert-alkyl or cyclic N) is 1. The summed E-state index contributed by atoms with van der Waals surface area (Å²) in [5, 5.41) is 10.5. The van der Waals surface area contributed by atoms with Crippen molar-refractivity contribution in [1.29, 1.82) is 0 Å². The molecule has 1 aliphatic heterocycles. The summed E-state index contributed by atoms with van der Waals surface area (Å²) < 4.78 is 20.2. The summed E-state index contributed by atoms with van der Waals surface area (Å²) in [6.07, 6.45) is 3.50. The Morgan fingerprint density at radius 2 is 1.89 bits per heavy atom. The van der Waals surface area contributed by atoms with E-state index < -0.39 is 6.10 Å². The maximum Gasteiger partial charge on any atom is 0.146 e. The molecule has 1 heterocycles. The lowest BCUT2D eigenvalue weighted by molar-refractivity contribution is -0.0794. The van der Waals surface area contributed by atoms with Crippen molar-refractivity contribution in [2.24, 2.45) is 16.7 Å². The zero-order chi connectivity index (χ0) is 19.9. The smallest absolute Gasteiger partial charge is 0.146 e. The largest absolute Gasteiger partial charge is 0.389 e. The van der Waals surface area contributed by atoms with Gasteiger partial charge in [-0.2, -0.15) is 0 Å². The molecule has 4 atom stereocenters. The average Bonchev–Trinajstić information content (AvgIpc) is 3.01. The lowest BCUT2D eigenvalue weighted by Crippen LogP contribution is -2.49. The number of aliphatic hydroxyl groups excluding tert-OH is 1. The maximum atomic E-state index is 14.0. The first-order chi connectivity index (χ1) is 13.3. The summed E-state index contributed by atoms with van der Waals surface area (Å²) in [7, 11) is 0. The molecule has 156 valence electrons. The van der Waals surface area contributed by atoms with Crippen LogP contribution < -0.4 is 4.90 Å². The molecular formula is C23H35FN2O2. The van der Waals surface area contributed by atoms with Gasteiger partial charge < -0.3 is 14.7 Å². The van der Waals surface area contributed by atoms with Crippen molar-refractivity contribution in [3.05, 3.63) is 30.1 Å². The average molecular weight is 391 g/mol. The van der Waals surface area contributed by atoms with Gasteiger partial charge in [0.25, 0.3) is 0 Å². The van der Waals surface area contributed by atoms with E-state index in [1.807, 2.05) is 12.1 Å². The molecule has 0 radical (unpaired) electrons. The van der Waals surface area contributed by atoms with Gasteiger partial charge in [0, 0.05) is 32.7 Å². The quantitative estimate of drug-likeness (QED) is 0.806. The molecule has 1 aromatic carbocycles. The van der Waals surface area contributed by atoms with Crippen molar-refractivity contribution < 1.29 is 14.2 Å². The second-order valence-electron chi connectivity index (χ2n) is 9.83. The van der Waals surface area contributed by atoms with Gasteiger partial charge in [0.2, 0.25) is 0 Å². The van der Waals surface area contributed by atoms with Crippen LogP contribution >= 0.6 is 0 Å². The summed E-state index contributed by atoms with van der Waals surface area (Å²) in [5.74, 6) is 0.595. The number of aliphatic hydroxyl groups is 1. The highest BCUT2D eigenvalue weighted by molar-refractivity contribution is 5.47. The number of fused-ring (bicyclic) bond motifs is 2. The molecule has 0 aromatic heterocycles. The van der Waals surface area contributed by atoms with Crippen molar-refractivity contribution in [2.45, 2.75) is 52.2 Å². The highest BCUT2D eigenvalue weighted by Crippen LogP contribution is 2.66. The van der Waals surface area contributed by atoms with E-state index in [0.29, 0.717) is 24.3 Å². The highest BCUT2D eigenvalue weighted by Gasteiger charge is 2.61. The van der Waals surface area contributed by atoms with E-state index in [4.69, 9.17) is 4.74 Å². The van der Waals surface area contributed by atoms with Gasteiger partial charge in [-0.3, -0.25) is 4.90 Å². The minimum atomic E-state index is -0.467. The number of rotatable bonds is 6. The number of anilines is 1. The van der Waals surface area contributed by atoms with E-state index in [-0.39, 0.29) is 17.3 Å². The Kier molecular flexibility index (Phi) is 5.45. The molecule has 2 aliphatic carbocycles. The molecule has 5 heteroatoms. The molecule has 4 nitrogen and oxygen atoms in total. The van der Waals surface area contributed by atoms with Crippen LogP contribution in [0.3, 0.4) is 0 Å². The molecule has 1 aromatic rings. The third-order valence-electron chi connectivity index (χ3n) is 8.24. The molecular weight excluding hydrogens is 355 g/mol. The minimum Gasteiger partial charge on any atom is -0.389 e. The van der Waals surface area contributed by atoms with Gasteiger partial charge in [0.1, 0.15) is 5.82 Å². The molecule has 0 spiro atoms. The van der Waals surface area contributed by atoms with Crippen molar-refractivity contribution in [2.75, 3.05) is 44.2 Å². The van der Waals surface area contributed by atoms with E-state index in [1.165, 1.54) is 18.9 Å². The van der Waals surface area contributed by atoms with Gasteiger partial charge in [-0.15, -0.1) is 0 Å². The van der Waals surface area contributed by atoms with Gasteiger partial charge in [-0.1, -0.05) is 32.9 Å². The SMILES string of the molecule is CC1(C)[C@H]2CC[C@@]1(C)[C@H](OC[C@H](O)CN1CCN(c3ccccc3F)CC1)C2. The van der Waals surface area contributed by atoms with Gasteiger partial charge in [-0.25, -0.2) is 4.39 Å². The number of piperazine rings is 1. The van der Waals surface area contributed by atoms with Gasteiger partial charge >= 0.3 is 0 Å². The molecule has 4 rings (SSSR count). The molecule has 2 bridgehead atoms. The van der Waals surface area contributed by atoms with Gasteiger partial charge in [0.05, 0.1) is 24.5 Å². The molecule has 2 saturated carbocycles. The topological polar surface area (TPSA) is 35.9 Å². The Hall–Kier alpha value is -1.17. The molecule has 1 N–H and O–H groups in total. The van der Waals surface area contributed by atoms with Crippen LogP contribution in [-0.4, -0.2) is 61.5 Å². The predicted molar refractivity (Wildman–Crippen MR) is 110 cm³/mol. The van der Waals surface area contributed by atoms with E-state index in [0.717, 1.165) is 38.5 Å². The fourth-order valence-electron chi connectivity index (χ4n) is 5.84. The summed E-state index contributed by atoms with van der Waals surface area (Å²) in [6.45, 7) is 11.4. The van der Waals surface area contributed by atoms with Crippen molar-refractivity contribution in [1.82, 2.24) is 4.90 Å². The second-order valence-corrected chi connectivity index (χ2v) is 9.83. The Morgan fingerprint density at radius 3 is 2.50 bits per heavy atom. The van der Waals surface area contributed by atoms with Crippen LogP contribution in [0.15, 0.2) is 24.3 Å². The molecule has 1 saturated heterocycles. The van der Waals surface area contributed by atoms with Crippen LogP contribution in [0.4, 0.5) is 10.1 Å². The Bertz CT molecular complexity index is 689. The van der Waals surface area contributed by atoms with Crippen molar-refractivity contribution in [3.63, 3.8) is 0 Å². The fraction of sp³-hybridized carbons (Fsp3) is 0.739. The number of ether oxygens (including phenoxy) is 1. The number of nitrogens with zero attached hydrogens (tertiary/aromatic N) is 2. The number of hydrogen-bond acceptors (Lipinski definition) is 4. The van der Waals surface area contributed by atoms with Crippen LogP contribution in [0.25, 0.3) is 0 Å². The molecule has 28 heavy (non-hydrogen) atoms. The number of hydrogen-bond donors (Lipinski definition) is 1. The van der Waals surface area contributed by atoms with Crippen LogP contribution in [0, 0.1) is 22.6 Å². The summed E-state index contributed by atoms with van der Waals surface area (Å²) >= 11 is 0. The predicted octanol–water partition coefficient (Wildman–Crippen LogP) is 3.54. The lowest BCUT2D eigenvalue weighted by Gasteiger charge is -2.39. The third-order valence-corrected chi connectivity index (χ3v) is 8.24. The maximum absolute atomic E-state index is 14.0. The minimum absolute atomic E-state index is 0.160. The first-order valence-corrected chi connectivity index (χ1v) is 10.8. The van der Waals surface area contributed by atoms with Crippen LogP contribution in [0.1, 0.15) is 40.0 Å². The zero-order valence-electron chi connectivity index (χ0n) is 17.5. The standard InChI is InChI=1S/C23H35FN2O2/c1-22(2)17-8-9-23(22,3)21(14-17)28-16-18(27)15-25-10-12-26(13-11-25)20-7-5-4-6-19(20)24/h4-7,17-18,21,27H,8-16H2,1-3H3/t17-,18+,21+,23-/m0/s1.